The summed E-state index contributed by atoms with van der Waals surface area (Å²) >= 11 is 0. The van der Waals surface area contributed by atoms with Crippen LogP contribution in [0.3, 0.4) is 0 Å². The Kier molecular flexibility index (Phi) is 7.80. The normalized spacial score (nSPS) is 12.1. The Balaban J connectivity index is 1.91. The third-order valence-corrected chi connectivity index (χ3v) is 7.48. The van der Waals surface area contributed by atoms with E-state index in [1.807, 2.05) is 45.9 Å². The van der Waals surface area contributed by atoms with E-state index in [1.54, 1.807) is 37.3 Å². The van der Waals surface area contributed by atoms with E-state index in [-0.39, 0.29) is 22.3 Å². The number of amides is 1. The number of benzene rings is 3. The molecule has 3 aromatic rings. The number of aryl methyl sites for hydroxylation is 2. The van der Waals surface area contributed by atoms with Gasteiger partial charge in [0.2, 0.25) is 0 Å². The zero-order valence-electron chi connectivity index (χ0n) is 20.9. The van der Waals surface area contributed by atoms with Gasteiger partial charge in [-0.3, -0.25) is 4.79 Å². The Labute approximate surface area is 207 Å². The number of likely N-dealkylation sites (N-methyl/N-ethyl adjacent to an activating group) is 1. The second-order valence-corrected chi connectivity index (χ2v) is 10.9. The van der Waals surface area contributed by atoms with Crippen LogP contribution in [0.5, 0.6) is 0 Å². The lowest BCUT2D eigenvalue weighted by atomic mass is 9.93. The van der Waals surface area contributed by atoms with Crippen molar-refractivity contribution in [2.45, 2.75) is 45.6 Å². The molecule has 0 aliphatic carbocycles. The number of carbonyl (C=O) groups excluding carboxylic acids is 1. The van der Waals surface area contributed by atoms with Crippen LogP contribution in [0.1, 0.15) is 37.5 Å². The summed E-state index contributed by atoms with van der Waals surface area (Å²) in [7, 11) is -2.70. The Hall–Kier alpha value is -3.45. The number of carbonyl (C=O) groups is 1. The van der Waals surface area contributed by atoms with Gasteiger partial charge in [0.1, 0.15) is 5.82 Å². The van der Waals surface area contributed by atoms with Gasteiger partial charge in [-0.25, -0.2) is 17.1 Å². The quantitative estimate of drug-likeness (QED) is 0.398. The summed E-state index contributed by atoms with van der Waals surface area (Å²) in [4.78, 5) is 13.0. The molecule has 1 amide bonds. The standard InChI is InChI=1S/C28H31FN2O3S/c1-18(2)30-23-12-13-25(27(29)17-23)26-16-19(3)22(14-20(26)4)15-21(5)28(32)31(6)35(33,34)24-10-8-7-9-11-24/h7-18,30H,1-6H3/b21-15+. The summed E-state index contributed by atoms with van der Waals surface area (Å²) in [6.07, 6.45) is 1.66. The van der Waals surface area contributed by atoms with Crippen molar-refractivity contribution in [3.05, 3.63) is 88.7 Å². The average Bonchev–Trinajstić information content (AvgIpc) is 2.80. The minimum Gasteiger partial charge on any atom is -0.383 e. The van der Waals surface area contributed by atoms with Gasteiger partial charge in [-0.1, -0.05) is 30.3 Å². The summed E-state index contributed by atoms with van der Waals surface area (Å²) in [6.45, 7) is 9.33. The number of hydrogen-bond donors (Lipinski definition) is 1. The van der Waals surface area contributed by atoms with Crippen LogP contribution >= 0.6 is 0 Å². The molecule has 0 unspecified atom stereocenters. The molecule has 0 saturated heterocycles. The van der Waals surface area contributed by atoms with Gasteiger partial charge in [-0.05, 0) is 93.3 Å². The van der Waals surface area contributed by atoms with Crippen LogP contribution in [-0.4, -0.2) is 31.7 Å². The molecule has 3 aromatic carbocycles. The predicted molar refractivity (Wildman–Crippen MR) is 140 cm³/mol. The molecule has 0 heterocycles. The third-order valence-electron chi connectivity index (χ3n) is 5.72. The smallest absolute Gasteiger partial charge is 0.266 e. The molecule has 0 aliphatic heterocycles. The second kappa shape index (κ2) is 10.4. The molecule has 5 nitrogen and oxygen atoms in total. The lowest BCUT2D eigenvalue weighted by Gasteiger charge is -2.18. The van der Waals surface area contributed by atoms with Crippen molar-refractivity contribution in [1.82, 2.24) is 4.31 Å². The third kappa shape index (κ3) is 5.80. The Morgan fingerprint density at radius 3 is 2.23 bits per heavy atom. The maximum Gasteiger partial charge on any atom is 0.266 e. The fourth-order valence-corrected chi connectivity index (χ4v) is 5.02. The van der Waals surface area contributed by atoms with Crippen molar-refractivity contribution >= 4 is 27.7 Å². The van der Waals surface area contributed by atoms with Crippen molar-refractivity contribution in [2.24, 2.45) is 0 Å². The number of anilines is 1. The van der Waals surface area contributed by atoms with E-state index < -0.39 is 15.9 Å². The molecule has 35 heavy (non-hydrogen) atoms. The van der Waals surface area contributed by atoms with E-state index in [0.29, 0.717) is 5.56 Å². The molecule has 7 heteroatoms. The van der Waals surface area contributed by atoms with Crippen LogP contribution in [0, 0.1) is 19.7 Å². The van der Waals surface area contributed by atoms with E-state index >= 15 is 0 Å². The largest absolute Gasteiger partial charge is 0.383 e. The van der Waals surface area contributed by atoms with Gasteiger partial charge in [0, 0.05) is 29.9 Å². The molecular formula is C28H31FN2O3S. The van der Waals surface area contributed by atoms with Crippen LogP contribution in [0.25, 0.3) is 17.2 Å². The lowest BCUT2D eigenvalue weighted by Crippen LogP contribution is -2.33. The molecule has 0 fully saturated rings. The van der Waals surface area contributed by atoms with Gasteiger partial charge in [0.15, 0.2) is 0 Å². The van der Waals surface area contributed by atoms with Crippen molar-refractivity contribution in [2.75, 3.05) is 12.4 Å². The van der Waals surface area contributed by atoms with Gasteiger partial charge in [0.05, 0.1) is 4.90 Å². The van der Waals surface area contributed by atoms with Crippen molar-refractivity contribution in [3.63, 3.8) is 0 Å². The summed E-state index contributed by atoms with van der Waals surface area (Å²) in [6, 6.07) is 16.9. The number of hydrogen-bond acceptors (Lipinski definition) is 4. The summed E-state index contributed by atoms with van der Waals surface area (Å²) in [5, 5.41) is 3.20. The van der Waals surface area contributed by atoms with E-state index in [4.69, 9.17) is 0 Å². The minimum atomic E-state index is -3.96. The number of nitrogens with one attached hydrogen (secondary N) is 1. The van der Waals surface area contributed by atoms with Gasteiger partial charge < -0.3 is 5.32 Å². The first kappa shape index (κ1) is 26.2. The first-order chi connectivity index (χ1) is 16.4. The summed E-state index contributed by atoms with van der Waals surface area (Å²) in [5.74, 6) is -0.935. The first-order valence-corrected chi connectivity index (χ1v) is 12.8. The van der Waals surface area contributed by atoms with E-state index in [2.05, 4.69) is 5.32 Å². The zero-order chi connectivity index (χ0) is 25.9. The fraction of sp³-hybridized carbons (Fsp3) is 0.250. The highest BCUT2D eigenvalue weighted by Crippen LogP contribution is 2.31. The number of rotatable bonds is 7. The molecule has 3 rings (SSSR count). The molecular weight excluding hydrogens is 463 g/mol. The Bertz CT molecular complexity index is 1380. The average molecular weight is 495 g/mol. The lowest BCUT2D eigenvalue weighted by molar-refractivity contribution is -0.121. The topological polar surface area (TPSA) is 66.5 Å². The maximum atomic E-state index is 14.9. The molecule has 0 saturated carbocycles. The van der Waals surface area contributed by atoms with Crippen LogP contribution in [0.4, 0.5) is 10.1 Å². The van der Waals surface area contributed by atoms with Crippen LogP contribution in [-0.2, 0) is 14.8 Å². The molecule has 0 spiro atoms. The van der Waals surface area contributed by atoms with Gasteiger partial charge in [0.25, 0.3) is 15.9 Å². The van der Waals surface area contributed by atoms with Crippen molar-refractivity contribution in [1.29, 1.82) is 0 Å². The molecule has 0 atom stereocenters. The van der Waals surface area contributed by atoms with Crippen LogP contribution in [0.15, 0.2) is 71.1 Å². The van der Waals surface area contributed by atoms with Crippen molar-refractivity contribution in [3.8, 4) is 11.1 Å². The molecule has 0 radical (unpaired) electrons. The predicted octanol–water partition coefficient (Wildman–Crippen LogP) is 6.18. The van der Waals surface area contributed by atoms with E-state index in [9.17, 15) is 17.6 Å². The van der Waals surface area contributed by atoms with Gasteiger partial charge in [-0.15, -0.1) is 0 Å². The Morgan fingerprint density at radius 2 is 1.63 bits per heavy atom. The monoisotopic (exact) mass is 494 g/mol. The van der Waals surface area contributed by atoms with E-state index in [1.165, 1.54) is 25.2 Å². The Morgan fingerprint density at radius 1 is 0.971 bits per heavy atom. The van der Waals surface area contributed by atoms with Gasteiger partial charge in [-0.2, -0.15) is 0 Å². The summed E-state index contributed by atoms with van der Waals surface area (Å²) in [5.41, 5.74) is 4.71. The molecule has 0 aromatic heterocycles. The number of sulfonamides is 1. The highest BCUT2D eigenvalue weighted by atomic mass is 32.2. The molecule has 184 valence electrons. The molecule has 0 aliphatic rings. The second-order valence-electron chi connectivity index (χ2n) is 8.94. The first-order valence-electron chi connectivity index (χ1n) is 11.4. The zero-order valence-corrected chi connectivity index (χ0v) is 21.7. The van der Waals surface area contributed by atoms with Crippen LogP contribution in [0.2, 0.25) is 0 Å². The number of halogens is 1. The van der Waals surface area contributed by atoms with E-state index in [0.717, 1.165) is 32.2 Å². The van der Waals surface area contributed by atoms with Crippen LogP contribution < -0.4 is 5.32 Å². The van der Waals surface area contributed by atoms with Gasteiger partial charge >= 0.3 is 0 Å². The molecule has 0 bridgehead atoms. The SMILES string of the molecule is C/C(=C\c1cc(C)c(-c2ccc(NC(C)C)cc2F)cc1C)C(=O)N(C)S(=O)(=O)c1ccccc1. The number of nitrogens with zero attached hydrogens (tertiary/aromatic N) is 1. The van der Waals surface area contributed by atoms with Crippen molar-refractivity contribution < 1.29 is 17.6 Å². The maximum absolute atomic E-state index is 14.9. The molecule has 1 N–H and O–H groups in total. The summed E-state index contributed by atoms with van der Waals surface area (Å²) < 4.78 is 41.3. The highest BCUT2D eigenvalue weighted by Gasteiger charge is 2.26. The minimum absolute atomic E-state index is 0.0525. The highest BCUT2D eigenvalue weighted by molar-refractivity contribution is 7.89. The fourth-order valence-electron chi connectivity index (χ4n) is 3.84.